The van der Waals surface area contributed by atoms with E-state index in [0.717, 1.165) is 43.9 Å². The second-order valence-corrected chi connectivity index (χ2v) is 6.40. The van der Waals surface area contributed by atoms with Crippen molar-refractivity contribution in [2.75, 3.05) is 26.2 Å². The van der Waals surface area contributed by atoms with Crippen LogP contribution in [0.5, 0.6) is 0 Å². The van der Waals surface area contributed by atoms with Crippen molar-refractivity contribution in [1.29, 1.82) is 0 Å². The number of fused-ring (bicyclic) bond motifs is 3. The summed E-state index contributed by atoms with van der Waals surface area (Å²) in [6, 6.07) is 16.8. The van der Waals surface area contributed by atoms with Crippen LogP contribution >= 0.6 is 0 Å². The zero-order valence-electron chi connectivity index (χ0n) is 13.9. The molecule has 4 rings (SSSR count). The molecular weight excluding hydrogens is 298 g/mol. The fraction of sp³-hybridized carbons (Fsp3) is 0.300. The van der Waals surface area contributed by atoms with Gasteiger partial charge in [-0.15, -0.1) is 0 Å². The van der Waals surface area contributed by atoms with Gasteiger partial charge in [-0.3, -0.25) is 14.7 Å². The van der Waals surface area contributed by atoms with E-state index in [1.165, 1.54) is 16.2 Å². The number of rotatable bonds is 2. The van der Waals surface area contributed by atoms with Crippen molar-refractivity contribution in [3.05, 3.63) is 54.2 Å². The van der Waals surface area contributed by atoms with Gasteiger partial charge in [-0.1, -0.05) is 42.5 Å². The van der Waals surface area contributed by atoms with Crippen LogP contribution in [0.2, 0.25) is 0 Å². The zero-order valence-corrected chi connectivity index (χ0v) is 13.9. The van der Waals surface area contributed by atoms with Crippen molar-refractivity contribution in [2.24, 2.45) is 0 Å². The third-order valence-corrected chi connectivity index (χ3v) is 4.88. The molecule has 0 saturated carbocycles. The fourth-order valence-electron chi connectivity index (χ4n) is 3.53. The molecule has 1 aromatic heterocycles. The summed E-state index contributed by atoms with van der Waals surface area (Å²) in [7, 11) is 0. The van der Waals surface area contributed by atoms with Crippen molar-refractivity contribution in [3.63, 3.8) is 0 Å². The van der Waals surface area contributed by atoms with Crippen LogP contribution in [0.4, 0.5) is 0 Å². The van der Waals surface area contributed by atoms with Crippen LogP contribution in [0.15, 0.2) is 48.5 Å². The van der Waals surface area contributed by atoms with Crippen molar-refractivity contribution in [3.8, 4) is 0 Å². The van der Waals surface area contributed by atoms with Gasteiger partial charge >= 0.3 is 0 Å². The summed E-state index contributed by atoms with van der Waals surface area (Å²) < 4.78 is 0. The van der Waals surface area contributed by atoms with Crippen molar-refractivity contribution >= 4 is 27.6 Å². The molecule has 122 valence electrons. The number of benzene rings is 2. The van der Waals surface area contributed by atoms with Crippen LogP contribution < -0.4 is 0 Å². The molecule has 0 radical (unpaired) electrons. The van der Waals surface area contributed by atoms with Gasteiger partial charge in [0.1, 0.15) is 0 Å². The fourth-order valence-corrected chi connectivity index (χ4v) is 3.53. The highest BCUT2D eigenvalue weighted by atomic mass is 16.2. The maximum atomic E-state index is 11.5. The predicted molar refractivity (Wildman–Crippen MR) is 96.8 cm³/mol. The summed E-state index contributed by atoms with van der Waals surface area (Å²) in [6.45, 7) is 5.90. The standard InChI is InChI=1S/C20H21N3O/c1-15(24)23-12-10-22(11-13-23)14-20-18-8-3-2-6-16(18)17-7-4-5-9-19(17)21-20/h2-9H,10-14H2,1H3. The van der Waals surface area contributed by atoms with Crippen LogP contribution in [0.1, 0.15) is 12.6 Å². The van der Waals surface area contributed by atoms with E-state index in [4.69, 9.17) is 4.98 Å². The minimum Gasteiger partial charge on any atom is -0.340 e. The lowest BCUT2D eigenvalue weighted by molar-refractivity contribution is -0.130. The lowest BCUT2D eigenvalue weighted by Crippen LogP contribution is -2.47. The van der Waals surface area contributed by atoms with E-state index >= 15 is 0 Å². The van der Waals surface area contributed by atoms with E-state index in [0.29, 0.717) is 0 Å². The van der Waals surface area contributed by atoms with E-state index < -0.39 is 0 Å². The summed E-state index contributed by atoms with van der Waals surface area (Å²) in [5.41, 5.74) is 2.18. The lowest BCUT2D eigenvalue weighted by atomic mass is 10.0. The summed E-state index contributed by atoms with van der Waals surface area (Å²) in [5.74, 6) is 0.170. The Labute approximate surface area is 141 Å². The molecule has 1 amide bonds. The van der Waals surface area contributed by atoms with Gasteiger partial charge in [-0.25, -0.2) is 0 Å². The Morgan fingerprint density at radius 1 is 0.917 bits per heavy atom. The summed E-state index contributed by atoms with van der Waals surface area (Å²) in [5, 5.41) is 3.70. The third kappa shape index (κ3) is 2.74. The SMILES string of the molecule is CC(=O)N1CCN(Cc2nc3ccccc3c3ccccc23)CC1. The van der Waals surface area contributed by atoms with Gasteiger partial charge in [0.2, 0.25) is 5.91 Å². The second-order valence-electron chi connectivity index (χ2n) is 6.40. The Bertz CT molecular complexity index is 898. The molecule has 1 aliphatic rings. The van der Waals surface area contributed by atoms with Crippen LogP contribution in [-0.4, -0.2) is 46.9 Å². The first-order chi connectivity index (χ1) is 11.7. The molecule has 2 aromatic carbocycles. The topological polar surface area (TPSA) is 36.4 Å². The molecule has 4 heteroatoms. The molecule has 3 aromatic rings. The molecule has 0 unspecified atom stereocenters. The third-order valence-electron chi connectivity index (χ3n) is 4.88. The molecule has 1 aliphatic heterocycles. The first-order valence-corrected chi connectivity index (χ1v) is 8.46. The summed E-state index contributed by atoms with van der Waals surface area (Å²) in [4.78, 5) is 20.7. The molecule has 0 N–H and O–H groups in total. The second kappa shape index (κ2) is 6.21. The van der Waals surface area contributed by atoms with Gasteiger partial charge in [0, 0.05) is 50.4 Å². The molecule has 0 spiro atoms. The normalized spacial score (nSPS) is 16.0. The number of hydrogen-bond acceptors (Lipinski definition) is 3. The Kier molecular flexibility index (Phi) is 3.90. The highest BCUT2D eigenvalue weighted by molar-refractivity contribution is 6.06. The predicted octanol–water partition coefficient (Wildman–Crippen LogP) is 3.05. The number of aromatic nitrogens is 1. The molecular formula is C20H21N3O. The number of piperazine rings is 1. The van der Waals surface area contributed by atoms with Gasteiger partial charge in [0.25, 0.3) is 0 Å². The van der Waals surface area contributed by atoms with Gasteiger partial charge in [-0.2, -0.15) is 0 Å². The van der Waals surface area contributed by atoms with Crippen LogP contribution in [0.3, 0.4) is 0 Å². The van der Waals surface area contributed by atoms with E-state index in [9.17, 15) is 4.79 Å². The molecule has 4 nitrogen and oxygen atoms in total. The Morgan fingerprint density at radius 2 is 1.54 bits per heavy atom. The number of para-hydroxylation sites is 1. The van der Waals surface area contributed by atoms with Crippen molar-refractivity contribution in [1.82, 2.24) is 14.8 Å². The average molecular weight is 319 g/mol. The number of nitrogens with zero attached hydrogens (tertiary/aromatic N) is 3. The van der Waals surface area contributed by atoms with Gasteiger partial charge in [-0.05, 0) is 11.5 Å². The number of carbonyl (C=O) groups excluding carboxylic acids is 1. The number of hydrogen-bond donors (Lipinski definition) is 0. The monoisotopic (exact) mass is 319 g/mol. The highest BCUT2D eigenvalue weighted by Gasteiger charge is 2.20. The number of amides is 1. The maximum Gasteiger partial charge on any atom is 0.219 e. The van der Waals surface area contributed by atoms with Gasteiger partial charge in [0.05, 0.1) is 11.2 Å². The summed E-state index contributed by atoms with van der Waals surface area (Å²) in [6.07, 6.45) is 0. The maximum absolute atomic E-state index is 11.5. The van der Waals surface area contributed by atoms with Crippen molar-refractivity contribution in [2.45, 2.75) is 13.5 Å². The van der Waals surface area contributed by atoms with E-state index in [2.05, 4.69) is 47.4 Å². The Hall–Kier alpha value is -2.46. The molecule has 0 aliphatic carbocycles. The molecule has 0 atom stereocenters. The zero-order chi connectivity index (χ0) is 16.5. The van der Waals surface area contributed by atoms with Crippen molar-refractivity contribution < 1.29 is 4.79 Å². The van der Waals surface area contributed by atoms with Gasteiger partial charge in [0.15, 0.2) is 0 Å². The van der Waals surface area contributed by atoms with E-state index in [1.807, 2.05) is 11.0 Å². The minimum absolute atomic E-state index is 0.170. The lowest BCUT2D eigenvalue weighted by Gasteiger charge is -2.34. The van der Waals surface area contributed by atoms with Crippen LogP contribution in [0, 0.1) is 0 Å². The molecule has 1 fully saturated rings. The van der Waals surface area contributed by atoms with E-state index in [1.54, 1.807) is 6.92 Å². The van der Waals surface area contributed by atoms with Crippen LogP contribution in [-0.2, 0) is 11.3 Å². The van der Waals surface area contributed by atoms with Crippen LogP contribution in [0.25, 0.3) is 21.7 Å². The molecule has 0 bridgehead atoms. The Balaban J connectivity index is 1.67. The van der Waals surface area contributed by atoms with E-state index in [-0.39, 0.29) is 5.91 Å². The molecule has 24 heavy (non-hydrogen) atoms. The molecule has 1 saturated heterocycles. The smallest absolute Gasteiger partial charge is 0.219 e. The highest BCUT2D eigenvalue weighted by Crippen LogP contribution is 2.27. The first kappa shape index (κ1) is 15.1. The molecule has 2 heterocycles. The Morgan fingerprint density at radius 3 is 2.25 bits per heavy atom. The number of carbonyl (C=O) groups is 1. The van der Waals surface area contributed by atoms with Gasteiger partial charge < -0.3 is 4.90 Å². The number of pyridine rings is 1. The minimum atomic E-state index is 0.170. The average Bonchev–Trinajstić information content (AvgIpc) is 2.62. The quantitative estimate of drug-likeness (QED) is 0.681. The first-order valence-electron chi connectivity index (χ1n) is 8.46. The largest absolute Gasteiger partial charge is 0.340 e. The summed E-state index contributed by atoms with van der Waals surface area (Å²) >= 11 is 0.